The number of guanidine groups is 1. The van der Waals surface area contributed by atoms with Crippen molar-refractivity contribution in [2.24, 2.45) is 4.99 Å². The summed E-state index contributed by atoms with van der Waals surface area (Å²) < 4.78 is 10.8. The molecule has 0 saturated heterocycles. The third kappa shape index (κ3) is 6.95. The second-order valence-corrected chi connectivity index (χ2v) is 6.98. The van der Waals surface area contributed by atoms with E-state index in [0.717, 1.165) is 48.0 Å². The van der Waals surface area contributed by atoms with E-state index in [-0.39, 0.29) is 24.0 Å². The Bertz CT molecular complexity index is 986. The molecule has 0 amide bonds. The van der Waals surface area contributed by atoms with Gasteiger partial charge in [0, 0.05) is 37.7 Å². The number of hydrogen-bond acceptors (Lipinski definition) is 5. The fourth-order valence-corrected chi connectivity index (χ4v) is 3.05. The van der Waals surface area contributed by atoms with Crippen LogP contribution in [0, 0.1) is 6.92 Å². The quantitative estimate of drug-likeness (QED) is 0.256. The van der Waals surface area contributed by atoms with Crippen molar-refractivity contribution < 1.29 is 9.26 Å². The molecule has 0 bridgehead atoms. The molecular weight excluding hydrogens is 505 g/mol. The molecule has 0 atom stereocenters. The molecule has 3 rings (SSSR count). The Labute approximate surface area is 200 Å². The Hall–Kier alpha value is -2.62. The summed E-state index contributed by atoms with van der Waals surface area (Å²) in [7, 11) is 3.46. The lowest BCUT2D eigenvalue weighted by molar-refractivity contribution is 0.408. The molecule has 166 valence electrons. The molecule has 2 N–H and O–H groups in total. The van der Waals surface area contributed by atoms with Crippen molar-refractivity contribution in [1.29, 1.82) is 0 Å². The highest BCUT2D eigenvalue weighted by atomic mass is 127. The predicted octanol–water partition coefficient (Wildman–Crippen LogP) is 4.14. The summed E-state index contributed by atoms with van der Waals surface area (Å²) in [4.78, 5) is 8.66. The Kier molecular flexibility index (Phi) is 9.77. The standard InChI is InChI=1S/C23H29N5O2.HI/c1-5-21-27-22(30-28-21)18-10-7-17(8-11-18)12-13-25-23(24-3)26-15-19-9-6-16(2)14-20(19)29-4;/h6-11,14H,5,12-13,15H2,1-4H3,(H2,24,25,26);1H. The topological polar surface area (TPSA) is 84.6 Å². The highest BCUT2D eigenvalue weighted by Crippen LogP contribution is 2.20. The molecule has 7 nitrogen and oxygen atoms in total. The summed E-state index contributed by atoms with van der Waals surface area (Å²) in [6.45, 7) is 5.47. The first-order chi connectivity index (χ1) is 14.6. The van der Waals surface area contributed by atoms with Crippen molar-refractivity contribution >= 4 is 29.9 Å². The number of hydrogen-bond donors (Lipinski definition) is 2. The van der Waals surface area contributed by atoms with Gasteiger partial charge in [-0.25, -0.2) is 0 Å². The van der Waals surface area contributed by atoms with Gasteiger partial charge in [-0.05, 0) is 42.7 Å². The minimum absolute atomic E-state index is 0. The lowest BCUT2D eigenvalue weighted by Crippen LogP contribution is -2.37. The van der Waals surface area contributed by atoms with Gasteiger partial charge in [-0.1, -0.05) is 36.3 Å². The molecule has 0 aliphatic heterocycles. The highest BCUT2D eigenvalue weighted by Gasteiger charge is 2.08. The van der Waals surface area contributed by atoms with Crippen LogP contribution in [0.5, 0.6) is 5.75 Å². The SMILES string of the molecule is CCc1noc(-c2ccc(CCNC(=NC)NCc3ccc(C)cc3OC)cc2)n1.I. The summed E-state index contributed by atoms with van der Waals surface area (Å²) in [5.41, 5.74) is 4.42. The first kappa shape index (κ1) is 24.6. The molecule has 2 aromatic carbocycles. The van der Waals surface area contributed by atoms with Gasteiger partial charge in [0.1, 0.15) is 5.75 Å². The zero-order chi connectivity index (χ0) is 21.3. The van der Waals surface area contributed by atoms with Gasteiger partial charge in [0.25, 0.3) is 5.89 Å². The minimum atomic E-state index is 0. The smallest absolute Gasteiger partial charge is 0.257 e. The van der Waals surface area contributed by atoms with Crippen LogP contribution < -0.4 is 15.4 Å². The number of halogens is 1. The maximum Gasteiger partial charge on any atom is 0.257 e. The zero-order valence-corrected chi connectivity index (χ0v) is 20.8. The average Bonchev–Trinajstić information content (AvgIpc) is 3.26. The van der Waals surface area contributed by atoms with Crippen LogP contribution in [0.3, 0.4) is 0 Å². The lowest BCUT2D eigenvalue weighted by atomic mass is 10.1. The number of rotatable bonds is 8. The number of nitrogens with zero attached hydrogens (tertiary/aromatic N) is 3. The molecule has 0 unspecified atom stereocenters. The van der Waals surface area contributed by atoms with Crippen LogP contribution in [-0.4, -0.2) is 36.8 Å². The second-order valence-electron chi connectivity index (χ2n) is 6.98. The van der Waals surface area contributed by atoms with Crippen molar-refractivity contribution in [3.63, 3.8) is 0 Å². The van der Waals surface area contributed by atoms with Gasteiger partial charge in [-0.3, -0.25) is 4.99 Å². The number of benzene rings is 2. The van der Waals surface area contributed by atoms with E-state index in [4.69, 9.17) is 9.26 Å². The van der Waals surface area contributed by atoms with E-state index in [1.54, 1.807) is 14.2 Å². The van der Waals surface area contributed by atoms with Crippen molar-refractivity contribution in [3.8, 4) is 17.2 Å². The van der Waals surface area contributed by atoms with Crippen molar-refractivity contribution in [3.05, 3.63) is 65.0 Å². The Morgan fingerprint density at radius 1 is 1.13 bits per heavy atom. The lowest BCUT2D eigenvalue weighted by Gasteiger charge is -2.14. The van der Waals surface area contributed by atoms with E-state index in [0.29, 0.717) is 12.4 Å². The third-order valence-corrected chi connectivity index (χ3v) is 4.80. The molecule has 0 saturated carbocycles. The summed E-state index contributed by atoms with van der Waals surface area (Å²) >= 11 is 0. The summed E-state index contributed by atoms with van der Waals surface area (Å²) in [5, 5.41) is 10.6. The second kappa shape index (κ2) is 12.3. The molecule has 0 radical (unpaired) electrons. The fraction of sp³-hybridized carbons (Fsp3) is 0.348. The molecule has 0 fully saturated rings. The van der Waals surface area contributed by atoms with Gasteiger partial charge in [0.2, 0.25) is 0 Å². The Morgan fingerprint density at radius 3 is 2.55 bits per heavy atom. The van der Waals surface area contributed by atoms with Crippen LogP contribution in [0.1, 0.15) is 29.4 Å². The van der Waals surface area contributed by atoms with E-state index in [9.17, 15) is 0 Å². The Balaban J connectivity index is 0.00000341. The van der Waals surface area contributed by atoms with Crippen LogP contribution in [0.4, 0.5) is 0 Å². The van der Waals surface area contributed by atoms with Crippen LogP contribution in [-0.2, 0) is 19.4 Å². The molecule has 1 aromatic heterocycles. The maximum atomic E-state index is 5.47. The number of methoxy groups -OCH3 is 1. The Morgan fingerprint density at radius 2 is 1.90 bits per heavy atom. The number of aryl methyl sites for hydroxylation is 2. The van der Waals surface area contributed by atoms with Gasteiger partial charge in [0.15, 0.2) is 11.8 Å². The van der Waals surface area contributed by atoms with Gasteiger partial charge in [-0.2, -0.15) is 4.98 Å². The molecule has 0 spiro atoms. The van der Waals surface area contributed by atoms with Crippen LogP contribution in [0.15, 0.2) is 52.0 Å². The minimum Gasteiger partial charge on any atom is -0.496 e. The van der Waals surface area contributed by atoms with Crippen molar-refractivity contribution in [1.82, 2.24) is 20.8 Å². The monoisotopic (exact) mass is 535 g/mol. The molecule has 0 aliphatic carbocycles. The number of ether oxygens (including phenoxy) is 1. The van der Waals surface area contributed by atoms with Crippen LogP contribution >= 0.6 is 24.0 Å². The van der Waals surface area contributed by atoms with Gasteiger partial charge < -0.3 is 19.9 Å². The molecule has 3 aromatic rings. The average molecular weight is 535 g/mol. The predicted molar refractivity (Wildman–Crippen MR) is 134 cm³/mol. The molecule has 8 heteroatoms. The number of nitrogens with one attached hydrogen (secondary N) is 2. The van der Waals surface area contributed by atoms with Crippen LogP contribution in [0.25, 0.3) is 11.5 Å². The maximum absolute atomic E-state index is 5.47. The molecular formula is C23H30IN5O2. The van der Waals surface area contributed by atoms with E-state index in [1.807, 2.05) is 25.1 Å². The molecule has 31 heavy (non-hydrogen) atoms. The molecule has 1 heterocycles. The van der Waals surface area contributed by atoms with E-state index < -0.39 is 0 Å². The van der Waals surface area contributed by atoms with E-state index >= 15 is 0 Å². The van der Waals surface area contributed by atoms with Gasteiger partial charge >= 0.3 is 0 Å². The summed E-state index contributed by atoms with van der Waals surface area (Å²) in [6.07, 6.45) is 1.64. The number of aliphatic imine (C=N–C) groups is 1. The first-order valence-electron chi connectivity index (χ1n) is 10.1. The third-order valence-electron chi connectivity index (χ3n) is 4.80. The zero-order valence-electron chi connectivity index (χ0n) is 18.4. The van der Waals surface area contributed by atoms with E-state index in [1.165, 1.54) is 11.1 Å². The van der Waals surface area contributed by atoms with Crippen molar-refractivity contribution in [2.45, 2.75) is 33.2 Å². The number of aromatic nitrogens is 2. The van der Waals surface area contributed by atoms with Gasteiger partial charge in [0.05, 0.1) is 7.11 Å². The summed E-state index contributed by atoms with van der Waals surface area (Å²) in [6, 6.07) is 14.4. The van der Waals surface area contributed by atoms with E-state index in [2.05, 4.69) is 57.0 Å². The highest BCUT2D eigenvalue weighted by molar-refractivity contribution is 14.0. The normalized spacial score (nSPS) is 11.0. The first-order valence-corrected chi connectivity index (χ1v) is 10.1. The van der Waals surface area contributed by atoms with Gasteiger partial charge in [-0.15, -0.1) is 24.0 Å². The van der Waals surface area contributed by atoms with Crippen LogP contribution in [0.2, 0.25) is 0 Å². The van der Waals surface area contributed by atoms with Crippen molar-refractivity contribution in [2.75, 3.05) is 20.7 Å². The largest absolute Gasteiger partial charge is 0.496 e. The summed E-state index contributed by atoms with van der Waals surface area (Å²) in [5.74, 6) is 2.92. The fourth-order valence-electron chi connectivity index (χ4n) is 3.05. The molecule has 0 aliphatic rings.